The molecule has 0 fully saturated rings. The minimum absolute atomic E-state index is 0.0761. The van der Waals surface area contributed by atoms with Gasteiger partial charge in [0.1, 0.15) is 17.8 Å². The summed E-state index contributed by atoms with van der Waals surface area (Å²) in [6.07, 6.45) is 0.789. The van der Waals surface area contributed by atoms with Gasteiger partial charge in [0.15, 0.2) is 0 Å². The third-order valence-corrected chi connectivity index (χ3v) is 6.19. The molecular formula is C25H38N2O7S. The lowest BCUT2D eigenvalue weighted by Gasteiger charge is -2.22. The zero-order valence-electron chi connectivity index (χ0n) is 21.0. The summed E-state index contributed by atoms with van der Waals surface area (Å²) in [5.41, 5.74) is 0.406. The van der Waals surface area contributed by atoms with Gasteiger partial charge in [0.05, 0.1) is 5.92 Å². The molecule has 10 heteroatoms. The van der Waals surface area contributed by atoms with E-state index < -0.39 is 35.8 Å². The van der Waals surface area contributed by atoms with Crippen molar-refractivity contribution >= 4 is 35.5 Å². The van der Waals surface area contributed by atoms with Gasteiger partial charge in [-0.15, -0.1) is 0 Å². The Morgan fingerprint density at radius 3 is 2.00 bits per heavy atom. The van der Waals surface area contributed by atoms with E-state index in [4.69, 9.17) is 0 Å². The van der Waals surface area contributed by atoms with Crippen LogP contribution in [0.3, 0.4) is 0 Å². The van der Waals surface area contributed by atoms with Crippen LogP contribution in [0.5, 0.6) is 5.75 Å². The Bertz CT molecular complexity index is 866. The van der Waals surface area contributed by atoms with Crippen LogP contribution < -0.4 is 10.6 Å². The largest absolute Gasteiger partial charge is 0.508 e. The first kappa shape index (κ1) is 30.3. The second-order valence-electron chi connectivity index (χ2n) is 10.2. The number of hydrogen-bond donors (Lipinski definition) is 5. The van der Waals surface area contributed by atoms with Crippen LogP contribution in [0.15, 0.2) is 24.3 Å². The number of benzene rings is 1. The van der Waals surface area contributed by atoms with Gasteiger partial charge in [0.25, 0.3) is 0 Å². The highest BCUT2D eigenvalue weighted by Crippen LogP contribution is 2.26. The van der Waals surface area contributed by atoms with Crippen LogP contribution >= 0.6 is 11.8 Å². The topological polar surface area (TPSA) is 153 Å². The Morgan fingerprint density at radius 2 is 1.51 bits per heavy atom. The molecule has 0 spiro atoms. The van der Waals surface area contributed by atoms with Crippen molar-refractivity contribution in [2.45, 2.75) is 71.9 Å². The molecule has 9 nitrogen and oxygen atoms in total. The molecule has 0 saturated heterocycles. The van der Waals surface area contributed by atoms with Gasteiger partial charge in [-0.3, -0.25) is 9.59 Å². The summed E-state index contributed by atoms with van der Waals surface area (Å²) in [5.74, 6) is -3.06. The number of phenols is 1. The van der Waals surface area contributed by atoms with E-state index in [1.54, 1.807) is 12.1 Å². The fourth-order valence-corrected chi connectivity index (χ4v) is 4.44. The van der Waals surface area contributed by atoms with Gasteiger partial charge in [-0.05, 0) is 47.6 Å². The maximum absolute atomic E-state index is 13.0. The molecule has 1 rings (SSSR count). The fourth-order valence-electron chi connectivity index (χ4n) is 3.41. The first-order chi connectivity index (χ1) is 16.2. The molecular weight excluding hydrogens is 472 g/mol. The highest BCUT2D eigenvalue weighted by molar-refractivity contribution is 7.99. The van der Waals surface area contributed by atoms with Gasteiger partial charge in [-0.1, -0.05) is 46.8 Å². The van der Waals surface area contributed by atoms with Gasteiger partial charge in [-0.25, -0.2) is 9.59 Å². The van der Waals surface area contributed by atoms with Crippen LogP contribution in [0.4, 0.5) is 0 Å². The average Bonchev–Trinajstić information content (AvgIpc) is 2.72. The summed E-state index contributed by atoms with van der Waals surface area (Å²) in [6.45, 7) is 9.57. The number of hydrogen-bond acceptors (Lipinski definition) is 6. The molecule has 5 N–H and O–H groups in total. The van der Waals surface area contributed by atoms with Gasteiger partial charge in [0, 0.05) is 12.2 Å². The quantitative estimate of drug-likeness (QED) is 0.239. The van der Waals surface area contributed by atoms with Crippen molar-refractivity contribution in [2.75, 3.05) is 11.5 Å². The van der Waals surface area contributed by atoms with Crippen LogP contribution in [-0.4, -0.2) is 62.7 Å². The molecule has 0 radical (unpaired) electrons. The number of carbonyl (C=O) groups is 4. The van der Waals surface area contributed by atoms with Crippen LogP contribution in [0.1, 0.15) is 65.4 Å². The SMILES string of the molecule is CC(C)C[C@@H](C(=O)N[C@@H](CCSC[C@H](NC(=O)CC(C)(C)C)C(=O)O)C(=O)O)c1ccc(O)cc1. The first-order valence-corrected chi connectivity index (χ1v) is 12.8. The number of aromatic hydroxyl groups is 1. The molecule has 0 heterocycles. The number of amides is 2. The number of carbonyl (C=O) groups excluding carboxylic acids is 2. The van der Waals surface area contributed by atoms with Gasteiger partial charge >= 0.3 is 11.9 Å². The molecule has 3 atom stereocenters. The molecule has 0 aromatic heterocycles. The Morgan fingerprint density at radius 1 is 0.943 bits per heavy atom. The average molecular weight is 511 g/mol. The molecule has 0 unspecified atom stereocenters. The zero-order chi connectivity index (χ0) is 26.8. The molecule has 2 amide bonds. The van der Waals surface area contributed by atoms with Crippen molar-refractivity contribution in [2.24, 2.45) is 11.3 Å². The monoisotopic (exact) mass is 510 g/mol. The summed E-state index contributed by atoms with van der Waals surface area (Å²) < 4.78 is 0. The third kappa shape index (κ3) is 12.0. The van der Waals surface area contributed by atoms with E-state index in [9.17, 15) is 34.5 Å². The Balaban J connectivity index is 2.71. The summed E-state index contributed by atoms with van der Waals surface area (Å²) >= 11 is 1.20. The van der Waals surface area contributed by atoms with E-state index in [-0.39, 0.29) is 47.3 Å². The van der Waals surface area contributed by atoms with Gasteiger partial charge < -0.3 is 26.0 Å². The fraction of sp³-hybridized carbons (Fsp3) is 0.600. The van der Waals surface area contributed by atoms with Gasteiger partial charge in [-0.2, -0.15) is 11.8 Å². The van der Waals surface area contributed by atoms with Crippen LogP contribution in [0.25, 0.3) is 0 Å². The van der Waals surface area contributed by atoms with Crippen molar-refractivity contribution in [3.05, 3.63) is 29.8 Å². The molecule has 1 aromatic rings. The predicted octanol–water partition coefficient (Wildman–Crippen LogP) is 3.22. The summed E-state index contributed by atoms with van der Waals surface area (Å²) in [5, 5.41) is 33.6. The van der Waals surface area contributed by atoms with E-state index >= 15 is 0 Å². The molecule has 0 bridgehead atoms. The highest BCUT2D eigenvalue weighted by atomic mass is 32.2. The number of aliphatic carboxylic acids is 2. The highest BCUT2D eigenvalue weighted by Gasteiger charge is 2.28. The summed E-state index contributed by atoms with van der Waals surface area (Å²) in [6, 6.07) is 4.04. The zero-order valence-corrected chi connectivity index (χ0v) is 21.9. The number of nitrogens with one attached hydrogen (secondary N) is 2. The summed E-state index contributed by atoms with van der Waals surface area (Å²) in [7, 11) is 0. The number of rotatable bonds is 14. The normalized spacial score (nSPS) is 14.1. The van der Waals surface area contributed by atoms with Crippen molar-refractivity contribution in [1.29, 1.82) is 0 Å². The standard InChI is InChI=1S/C25H38N2O7S/c1-15(2)12-18(16-6-8-17(28)9-7-16)22(30)27-19(23(31)32)10-11-35-14-20(24(33)34)26-21(29)13-25(3,4)5/h6-9,15,18-20,28H,10-14H2,1-5H3,(H,26,29)(H,27,30)(H,31,32)(H,33,34)/t18-,19+,20+/m1/s1. The Labute approximate surface area is 211 Å². The van der Waals surface area contributed by atoms with E-state index in [1.807, 2.05) is 34.6 Å². The molecule has 0 aliphatic rings. The maximum Gasteiger partial charge on any atom is 0.327 e. The first-order valence-electron chi connectivity index (χ1n) is 11.6. The van der Waals surface area contributed by atoms with E-state index in [0.29, 0.717) is 12.0 Å². The minimum atomic E-state index is -1.18. The van der Waals surface area contributed by atoms with E-state index in [0.717, 1.165) is 0 Å². The van der Waals surface area contributed by atoms with Crippen molar-refractivity contribution in [3.8, 4) is 5.75 Å². The van der Waals surface area contributed by atoms with Crippen LogP contribution in [0, 0.1) is 11.3 Å². The molecule has 0 aliphatic heterocycles. The van der Waals surface area contributed by atoms with E-state index in [1.165, 1.54) is 23.9 Å². The Kier molecular flexibility index (Phi) is 12.1. The van der Waals surface area contributed by atoms with Crippen molar-refractivity contribution < 1.29 is 34.5 Å². The van der Waals surface area contributed by atoms with Crippen molar-refractivity contribution in [1.82, 2.24) is 10.6 Å². The minimum Gasteiger partial charge on any atom is -0.508 e. The predicted molar refractivity (Wildman–Crippen MR) is 135 cm³/mol. The molecule has 35 heavy (non-hydrogen) atoms. The molecule has 0 aliphatic carbocycles. The molecule has 0 saturated carbocycles. The lowest BCUT2D eigenvalue weighted by Crippen LogP contribution is -2.44. The summed E-state index contributed by atoms with van der Waals surface area (Å²) in [4.78, 5) is 48.3. The maximum atomic E-state index is 13.0. The lowest BCUT2D eigenvalue weighted by atomic mass is 9.89. The number of carboxylic acid groups (broad SMARTS) is 2. The van der Waals surface area contributed by atoms with Crippen molar-refractivity contribution in [3.63, 3.8) is 0 Å². The van der Waals surface area contributed by atoms with E-state index in [2.05, 4.69) is 10.6 Å². The third-order valence-electron chi connectivity index (χ3n) is 5.09. The Hall–Kier alpha value is -2.75. The van der Waals surface area contributed by atoms with Gasteiger partial charge in [0.2, 0.25) is 11.8 Å². The molecule has 196 valence electrons. The van der Waals surface area contributed by atoms with Crippen LogP contribution in [-0.2, 0) is 19.2 Å². The number of thioether (sulfide) groups is 1. The number of carboxylic acids is 2. The van der Waals surface area contributed by atoms with Crippen LogP contribution in [0.2, 0.25) is 0 Å². The smallest absolute Gasteiger partial charge is 0.327 e. The molecule has 1 aromatic carbocycles. The second-order valence-corrected chi connectivity index (χ2v) is 11.4. The number of phenolic OH excluding ortho intramolecular Hbond substituents is 1. The second kappa shape index (κ2) is 14.0. The lowest BCUT2D eigenvalue weighted by molar-refractivity contribution is -0.142.